The van der Waals surface area contributed by atoms with E-state index in [1.165, 1.54) is 6.92 Å². The highest BCUT2D eigenvalue weighted by Crippen LogP contribution is 1.99. The molecule has 0 heterocycles. The molecule has 0 aliphatic heterocycles. The molecular formula is C15H29N7O6S. The molecule has 0 aromatic carbocycles. The Labute approximate surface area is 173 Å². The molecule has 3 amide bonds. The number of aliphatic hydroxyl groups excluding tert-OH is 1. The van der Waals surface area contributed by atoms with Crippen LogP contribution in [0.3, 0.4) is 0 Å². The second-order valence-corrected chi connectivity index (χ2v) is 6.51. The van der Waals surface area contributed by atoms with E-state index < -0.39 is 54.5 Å². The lowest BCUT2D eigenvalue weighted by atomic mass is 10.1. The third-order valence-corrected chi connectivity index (χ3v) is 3.99. The average molecular weight is 436 g/mol. The van der Waals surface area contributed by atoms with Crippen molar-refractivity contribution in [2.75, 3.05) is 18.8 Å². The lowest BCUT2D eigenvalue weighted by Crippen LogP contribution is -2.57. The first-order valence-corrected chi connectivity index (χ1v) is 9.33. The molecule has 0 bridgehead atoms. The zero-order valence-corrected chi connectivity index (χ0v) is 16.9. The summed E-state index contributed by atoms with van der Waals surface area (Å²) in [4.78, 5) is 50.8. The molecule has 0 fully saturated rings. The van der Waals surface area contributed by atoms with Crippen LogP contribution in [0.15, 0.2) is 4.99 Å². The maximum atomic E-state index is 12.1. The van der Waals surface area contributed by atoms with E-state index in [0.29, 0.717) is 6.42 Å². The Bertz CT molecular complexity index is 612. The molecule has 0 saturated carbocycles. The fourth-order valence-electron chi connectivity index (χ4n) is 2.03. The minimum absolute atomic E-state index is 0.0299. The number of carboxylic acids is 1. The number of guanidine groups is 1. The molecule has 29 heavy (non-hydrogen) atoms. The van der Waals surface area contributed by atoms with Gasteiger partial charge in [-0.15, -0.1) is 0 Å². The van der Waals surface area contributed by atoms with Crippen molar-refractivity contribution in [3.05, 3.63) is 0 Å². The maximum Gasteiger partial charge on any atom is 0.326 e. The predicted molar refractivity (Wildman–Crippen MR) is 108 cm³/mol. The molecule has 0 aliphatic rings. The number of thiol groups is 1. The minimum atomic E-state index is -1.35. The van der Waals surface area contributed by atoms with Crippen LogP contribution in [-0.2, 0) is 19.2 Å². The third-order valence-electron chi connectivity index (χ3n) is 3.60. The maximum absolute atomic E-state index is 12.1. The molecule has 13 nitrogen and oxygen atoms in total. The van der Waals surface area contributed by atoms with Crippen LogP contribution in [0.2, 0.25) is 0 Å². The van der Waals surface area contributed by atoms with Crippen molar-refractivity contribution in [1.29, 1.82) is 0 Å². The molecule has 0 aromatic rings. The highest BCUT2D eigenvalue weighted by atomic mass is 32.1. The number of carbonyl (C=O) groups excluding carboxylic acids is 3. The molecule has 4 atom stereocenters. The SMILES string of the molecule is CC(O)C(NC(=O)C(N)CS)C(=O)NCC(=O)NC(CCCN=C(N)N)C(=O)O. The molecule has 11 N–H and O–H groups in total. The summed E-state index contributed by atoms with van der Waals surface area (Å²) >= 11 is 3.87. The number of hydrogen-bond donors (Lipinski definition) is 9. The zero-order chi connectivity index (χ0) is 22.6. The Kier molecular flexibility index (Phi) is 12.4. The highest BCUT2D eigenvalue weighted by Gasteiger charge is 2.28. The lowest BCUT2D eigenvalue weighted by Gasteiger charge is -2.22. The van der Waals surface area contributed by atoms with Gasteiger partial charge in [-0.3, -0.25) is 19.4 Å². The predicted octanol–water partition coefficient (Wildman–Crippen LogP) is -4.15. The van der Waals surface area contributed by atoms with Gasteiger partial charge in [-0.05, 0) is 19.8 Å². The van der Waals surface area contributed by atoms with Crippen LogP contribution in [0.1, 0.15) is 19.8 Å². The summed E-state index contributed by atoms with van der Waals surface area (Å²) < 4.78 is 0. The van der Waals surface area contributed by atoms with E-state index in [-0.39, 0.29) is 24.7 Å². The number of hydrogen-bond acceptors (Lipinski definition) is 8. The van der Waals surface area contributed by atoms with E-state index in [4.69, 9.17) is 22.3 Å². The van der Waals surface area contributed by atoms with Crippen molar-refractivity contribution in [2.45, 2.75) is 44.0 Å². The van der Waals surface area contributed by atoms with Crippen LogP contribution < -0.4 is 33.2 Å². The van der Waals surface area contributed by atoms with Gasteiger partial charge in [-0.25, -0.2) is 4.79 Å². The summed E-state index contributed by atoms with van der Waals surface area (Å²) in [5.41, 5.74) is 15.8. The fourth-order valence-corrected chi connectivity index (χ4v) is 2.20. The van der Waals surface area contributed by atoms with Crippen molar-refractivity contribution in [1.82, 2.24) is 16.0 Å². The van der Waals surface area contributed by atoms with Gasteiger partial charge in [-0.1, -0.05) is 0 Å². The zero-order valence-electron chi connectivity index (χ0n) is 16.0. The minimum Gasteiger partial charge on any atom is -0.480 e. The number of aliphatic hydroxyl groups is 1. The second-order valence-electron chi connectivity index (χ2n) is 6.14. The Balaban J connectivity index is 4.65. The van der Waals surface area contributed by atoms with Gasteiger partial charge in [-0.2, -0.15) is 12.6 Å². The summed E-state index contributed by atoms with van der Waals surface area (Å²) in [6.45, 7) is 0.908. The topological polar surface area (TPSA) is 235 Å². The van der Waals surface area contributed by atoms with Crippen molar-refractivity contribution >= 4 is 42.3 Å². The Morgan fingerprint density at radius 3 is 2.24 bits per heavy atom. The highest BCUT2D eigenvalue weighted by molar-refractivity contribution is 7.80. The first-order valence-electron chi connectivity index (χ1n) is 8.69. The summed E-state index contributed by atoms with van der Waals surface area (Å²) in [5.74, 6) is -3.66. The molecule has 0 radical (unpaired) electrons. The largest absolute Gasteiger partial charge is 0.480 e. The van der Waals surface area contributed by atoms with Gasteiger partial charge < -0.3 is 43.4 Å². The van der Waals surface area contributed by atoms with E-state index in [9.17, 15) is 24.3 Å². The van der Waals surface area contributed by atoms with Crippen LogP contribution >= 0.6 is 12.6 Å². The number of aliphatic imine (C=N–C) groups is 1. The van der Waals surface area contributed by atoms with E-state index in [1.807, 2.05) is 0 Å². The normalized spacial score (nSPS) is 14.6. The first kappa shape index (κ1) is 26.4. The van der Waals surface area contributed by atoms with E-state index in [0.717, 1.165) is 0 Å². The Morgan fingerprint density at radius 1 is 1.14 bits per heavy atom. The van der Waals surface area contributed by atoms with Gasteiger partial charge in [0.15, 0.2) is 5.96 Å². The van der Waals surface area contributed by atoms with Gasteiger partial charge in [0, 0.05) is 12.3 Å². The van der Waals surface area contributed by atoms with Crippen LogP contribution in [0.25, 0.3) is 0 Å². The Morgan fingerprint density at radius 2 is 1.76 bits per heavy atom. The monoisotopic (exact) mass is 435 g/mol. The van der Waals surface area contributed by atoms with E-state index >= 15 is 0 Å². The molecule has 0 aromatic heterocycles. The third kappa shape index (κ3) is 11.1. The van der Waals surface area contributed by atoms with E-state index in [2.05, 4.69) is 33.6 Å². The molecule has 0 rings (SSSR count). The van der Waals surface area contributed by atoms with Gasteiger partial charge in [0.05, 0.1) is 18.7 Å². The van der Waals surface area contributed by atoms with Crippen LogP contribution in [-0.4, -0.2) is 82.9 Å². The first-order chi connectivity index (χ1) is 13.5. The molecular weight excluding hydrogens is 406 g/mol. The van der Waals surface area contributed by atoms with Crippen molar-refractivity contribution < 1.29 is 29.4 Å². The van der Waals surface area contributed by atoms with Gasteiger partial charge in [0.25, 0.3) is 0 Å². The van der Waals surface area contributed by atoms with Crippen molar-refractivity contribution in [3.63, 3.8) is 0 Å². The number of carbonyl (C=O) groups is 4. The lowest BCUT2D eigenvalue weighted by molar-refractivity contribution is -0.142. The molecule has 0 saturated heterocycles. The number of carboxylic acid groups (broad SMARTS) is 1. The number of nitrogens with one attached hydrogen (secondary N) is 3. The fraction of sp³-hybridized carbons (Fsp3) is 0.667. The van der Waals surface area contributed by atoms with Gasteiger partial charge in [0.1, 0.15) is 12.1 Å². The average Bonchev–Trinajstić information content (AvgIpc) is 2.64. The molecule has 166 valence electrons. The number of amides is 3. The quantitative estimate of drug-likeness (QED) is 0.0590. The van der Waals surface area contributed by atoms with E-state index in [1.54, 1.807) is 0 Å². The number of rotatable bonds is 13. The molecule has 0 aliphatic carbocycles. The number of nitrogens with zero attached hydrogens (tertiary/aromatic N) is 1. The summed E-state index contributed by atoms with van der Waals surface area (Å²) in [6, 6.07) is -3.53. The molecule has 0 spiro atoms. The smallest absolute Gasteiger partial charge is 0.326 e. The summed E-state index contributed by atoms with van der Waals surface area (Å²) in [6.07, 6.45) is -0.889. The number of nitrogens with two attached hydrogens (primary N) is 3. The standard InChI is InChI=1S/C15H29N7O6S/c1-7(23)11(22-12(25)8(16)6-29)13(26)20-5-10(24)21-9(14(27)28)3-2-4-19-15(17)18/h7-9,11,23,29H,2-6,16H2,1H3,(H,20,26)(H,21,24)(H,22,25)(H,27,28)(H4,17,18,19). The van der Waals surface area contributed by atoms with Gasteiger partial charge >= 0.3 is 5.97 Å². The van der Waals surface area contributed by atoms with Crippen molar-refractivity contribution in [3.8, 4) is 0 Å². The van der Waals surface area contributed by atoms with Crippen LogP contribution in [0, 0.1) is 0 Å². The Hall–Kier alpha value is -2.58. The van der Waals surface area contributed by atoms with Gasteiger partial charge in [0.2, 0.25) is 17.7 Å². The summed E-state index contributed by atoms with van der Waals surface area (Å²) in [7, 11) is 0. The van der Waals surface area contributed by atoms with Crippen LogP contribution in [0.4, 0.5) is 0 Å². The van der Waals surface area contributed by atoms with Crippen LogP contribution in [0.5, 0.6) is 0 Å². The van der Waals surface area contributed by atoms with Crippen molar-refractivity contribution in [2.24, 2.45) is 22.2 Å². The molecule has 4 unspecified atom stereocenters. The molecule has 14 heteroatoms. The summed E-state index contributed by atoms with van der Waals surface area (Å²) in [5, 5.41) is 25.6. The second kappa shape index (κ2) is 13.6. The number of aliphatic carboxylic acids is 1.